The molecule has 0 radical (unpaired) electrons. The molecule has 1 amide bonds. The number of halogens is 1. The van der Waals surface area contributed by atoms with Crippen molar-refractivity contribution in [1.82, 2.24) is 4.90 Å². The normalized spacial score (nSPS) is 27.7. The van der Waals surface area contributed by atoms with E-state index in [0.717, 1.165) is 31.6 Å². The first-order valence-electron chi connectivity index (χ1n) is 9.60. The topological polar surface area (TPSA) is 53.0 Å². The average molecular weight is 379 g/mol. The van der Waals surface area contributed by atoms with E-state index in [-0.39, 0.29) is 23.5 Å². The van der Waals surface area contributed by atoms with Crippen molar-refractivity contribution in [2.24, 2.45) is 5.41 Å². The van der Waals surface area contributed by atoms with Crippen LogP contribution in [0, 0.1) is 5.41 Å². The molecule has 4 rings (SSSR count). The molecule has 1 aliphatic carbocycles. The maximum Gasteiger partial charge on any atom is 0.253 e. The summed E-state index contributed by atoms with van der Waals surface area (Å²) in [5, 5.41) is 10.9. The molecule has 2 atom stereocenters. The third-order valence-corrected chi connectivity index (χ3v) is 6.95. The molecule has 1 spiro atoms. The van der Waals surface area contributed by atoms with Gasteiger partial charge in [0.1, 0.15) is 0 Å². The third-order valence-electron chi connectivity index (χ3n) is 6.65. The zero-order chi connectivity index (χ0) is 18.3. The van der Waals surface area contributed by atoms with Crippen LogP contribution in [0.1, 0.15) is 42.5 Å². The molecular formula is C20H27ClN2O3. The molecule has 2 saturated heterocycles. The van der Waals surface area contributed by atoms with Crippen molar-refractivity contribution in [3.63, 3.8) is 0 Å². The number of anilines is 1. The number of benzene rings is 1. The van der Waals surface area contributed by atoms with Gasteiger partial charge in [-0.3, -0.25) is 4.79 Å². The van der Waals surface area contributed by atoms with Gasteiger partial charge in [0.2, 0.25) is 0 Å². The van der Waals surface area contributed by atoms with Crippen LogP contribution in [0.2, 0.25) is 5.02 Å². The predicted octanol–water partition coefficient (Wildman–Crippen LogP) is 2.94. The highest BCUT2D eigenvalue weighted by Gasteiger charge is 2.56. The fourth-order valence-corrected chi connectivity index (χ4v) is 5.18. The number of methoxy groups -OCH3 is 1. The molecule has 2 aliphatic heterocycles. The van der Waals surface area contributed by atoms with E-state index in [1.54, 1.807) is 13.2 Å². The number of carbonyl (C=O) groups is 1. The maximum atomic E-state index is 12.9. The Morgan fingerprint density at radius 2 is 1.92 bits per heavy atom. The van der Waals surface area contributed by atoms with Crippen molar-refractivity contribution in [2.75, 3.05) is 38.2 Å². The average Bonchev–Trinajstić information content (AvgIpc) is 3.19. The van der Waals surface area contributed by atoms with Crippen LogP contribution in [0.3, 0.4) is 0 Å². The standard InChI is InChI=1S/C20H27ClN2O3/c1-26-18-13-17(24)20(18)6-10-23(11-7-20)19(25)14-4-5-16(15(21)12-14)22-8-2-3-9-22/h4-5,12,17-18,24H,2-3,6-11,13H2,1H3/t17-,18+/m1/s1. The van der Waals surface area contributed by atoms with E-state index >= 15 is 0 Å². The summed E-state index contributed by atoms with van der Waals surface area (Å²) in [7, 11) is 1.71. The zero-order valence-electron chi connectivity index (χ0n) is 15.3. The predicted molar refractivity (Wildman–Crippen MR) is 102 cm³/mol. The number of rotatable bonds is 3. The lowest BCUT2D eigenvalue weighted by atomic mass is 9.58. The van der Waals surface area contributed by atoms with Gasteiger partial charge in [-0.2, -0.15) is 0 Å². The number of nitrogens with zero attached hydrogens (tertiary/aromatic N) is 2. The summed E-state index contributed by atoms with van der Waals surface area (Å²) >= 11 is 6.46. The van der Waals surface area contributed by atoms with Gasteiger partial charge in [0.25, 0.3) is 5.91 Å². The molecule has 3 aliphatic rings. The fourth-order valence-electron chi connectivity index (χ4n) is 4.88. The van der Waals surface area contributed by atoms with Crippen LogP contribution >= 0.6 is 11.6 Å². The number of aliphatic hydroxyl groups excluding tert-OH is 1. The van der Waals surface area contributed by atoms with Crippen molar-refractivity contribution in [3.05, 3.63) is 28.8 Å². The first-order valence-corrected chi connectivity index (χ1v) is 9.97. The molecule has 0 unspecified atom stereocenters. The quantitative estimate of drug-likeness (QED) is 0.878. The lowest BCUT2D eigenvalue weighted by Crippen LogP contribution is -2.62. The minimum Gasteiger partial charge on any atom is -0.392 e. The molecule has 1 aromatic rings. The van der Waals surface area contributed by atoms with E-state index in [1.165, 1.54) is 12.8 Å². The lowest BCUT2D eigenvalue weighted by Gasteiger charge is -2.56. The molecule has 26 heavy (non-hydrogen) atoms. The summed E-state index contributed by atoms with van der Waals surface area (Å²) in [6, 6.07) is 5.67. The Bertz CT molecular complexity index is 682. The van der Waals surface area contributed by atoms with Crippen molar-refractivity contribution < 1.29 is 14.6 Å². The Hall–Kier alpha value is -1.30. The first kappa shape index (κ1) is 18.1. The highest BCUT2D eigenvalue weighted by atomic mass is 35.5. The fraction of sp³-hybridized carbons (Fsp3) is 0.650. The van der Waals surface area contributed by atoms with Gasteiger partial charge in [0, 0.05) is 50.7 Å². The summed E-state index contributed by atoms with van der Waals surface area (Å²) in [5.41, 5.74) is 1.51. The molecule has 2 heterocycles. The summed E-state index contributed by atoms with van der Waals surface area (Å²) in [4.78, 5) is 17.1. The molecule has 142 valence electrons. The Balaban J connectivity index is 1.43. The van der Waals surface area contributed by atoms with E-state index in [2.05, 4.69) is 4.90 Å². The van der Waals surface area contributed by atoms with Crippen LogP contribution < -0.4 is 4.90 Å². The smallest absolute Gasteiger partial charge is 0.253 e. The zero-order valence-corrected chi connectivity index (χ0v) is 16.0. The van der Waals surface area contributed by atoms with Crippen LogP contribution in [0.4, 0.5) is 5.69 Å². The van der Waals surface area contributed by atoms with Gasteiger partial charge < -0.3 is 19.6 Å². The van der Waals surface area contributed by atoms with Crippen molar-refractivity contribution in [2.45, 2.75) is 44.3 Å². The van der Waals surface area contributed by atoms with Crippen LogP contribution in [-0.2, 0) is 4.74 Å². The second-order valence-corrected chi connectivity index (χ2v) is 8.27. The number of aliphatic hydroxyl groups is 1. The van der Waals surface area contributed by atoms with Crippen LogP contribution in [-0.4, -0.2) is 61.4 Å². The molecule has 0 aromatic heterocycles. The Kier molecular flexibility index (Phi) is 4.88. The Labute approximate surface area is 159 Å². The second-order valence-electron chi connectivity index (χ2n) is 7.86. The number of likely N-dealkylation sites (tertiary alicyclic amines) is 1. The van der Waals surface area contributed by atoms with Crippen LogP contribution in [0.15, 0.2) is 18.2 Å². The Morgan fingerprint density at radius 3 is 2.50 bits per heavy atom. The SMILES string of the molecule is CO[C@H]1C[C@@H](O)C12CCN(C(=O)c1ccc(N3CCCC3)c(Cl)c1)CC2. The highest BCUT2D eigenvalue weighted by molar-refractivity contribution is 6.33. The summed E-state index contributed by atoms with van der Waals surface area (Å²) < 4.78 is 5.52. The lowest BCUT2D eigenvalue weighted by molar-refractivity contribution is -0.199. The van der Waals surface area contributed by atoms with E-state index < -0.39 is 0 Å². The van der Waals surface area contributed by atoms with E-state index in [9.17, 15) is 9.90 Å². The number of piperidine rings is 1. The summed E-state index contributed by atoms with van der Waals surface area (Å²) in [6.45, 7) is 3.37. The van der Waals surface area contributed by atoms with E-state index in [1.807, 2.05) is 17.0 Å². The van der Waals surface area contributed by atoms with Crippen molar-refractivity contribution in [1.29, 1.82) is 0 Å². The molecular weight excluding hydrogens is 352 g/mol. The van der Waals surface area contributed by atoms with Gasteiger partial charge >= 0.3 is 0 Å². The molecule has 1 aromatic carbocycles. The third kappa shape index (κ3) is 2.90. The Morgan fingerprint density at radius 1 is 1.23 bits per heavy atom. The second kappa shape index (κ2) is 7.02. The molecule has 1 N–H and O–H groups in total. The number of ether oxygens (including phenoxy) is 1. The molecule has 1 saturated carbocycles. The van der Waals surface area contributed by atoms with Gasteiger partial charge in [-0.05, 0) is 43.9 Å². The van der Waals surface area contributed by atoms with E-state index in [0.29, 0.717) is 30.1 Å². The van der Waals surface area contributed by atoms with Crippen LogP contribution in [0.5, 0.6) is 0 Å². The van der Waals surface area contributed by atoms with Gasteiger partial charge in [-0.1, -0.05) is 11.6 Å². The minimum absolute atomic E-state index is 0.0255. The van der Waals surface area contributed by atoms with Gasteiger partial charge in [0.05, 0.1) is 22.9 Å². The van der Waals surface area contributed by atoms with Gasteiger partial charge in [0.15, 0.2) is 0 Å². The highest BCUT2D eigenvalue weighted by Crippen LogP contribution is 2.50. The summed E-state index contributed by atoms with van der Waals surface area (Å²) in [6.07, 6.45) is 4.48. The molecule has 3 fully saturated rings. The monoisotopic (exact) mass is 378 g/mol. The molecule has 0 bridgehead atoms. The van der Waals surface area contributed by atoms with Crippen molar-refractivity contribution in [3.8, 4) is 0 Å². The molecule has 5 nitrogen and oxygen atoms in total. The van der Waals surface area contributed by atoms with Crippen molar-refractivity contribution >= 4 is 23.2 Å². The largest absolute Gasteiger partial charge is 0.392 e. The van der Waals surface area contributed by atoms with Gasteiger partial charge in [-0.25, -0.2) is 0 Å². The number of hydrogen-bond donors (Lipinski definition) is 1. The molecule has 6 heteroatoms. The maximum absolute atomic E-state index is 12.9. The van der Waals surface area contributed by atoms with E-state index in [4.69, 9.17) is 16.3 Å². The number of carbonyl (C=O) groups excluding carboxylic acids is 1. The van der Waals surface area contributed by atoms with Crippen LogP contribution in [0.25, 0.3) is 0 Å². The first-order chi connectivity index (χ1) is 12.5. The van der Waals surface area contributed by atoms with Gasteiger partial charge in [-0.15, -0.1) is 0 Å². The number of hydrogen-bond acceptors (Lipinski definition) is 4. The minimum atomic E-state index is -0.307. The summed E-state index contributed by atoms with van der Waals surface area (Å²) in [5.74, 6) is 0.0255. The number of amides is 1.